The van der Waals surface area contributed by atoms with E-state index in [2.05, 4.69) is 0 Å². The Labute approximate surface area is 120 Å². The Morgan fingerprint density at radius 1 is 1.25 bits per heavy atom. The normalized spacial score (nSPS) is 12.8. The van der Waals surface area contributed by atoms with E-state index < -0.39 is 17.3 Å². The monoisotopic (exact) mass is 277 g/mol. The second kappa shape index (κ2) is 6.55. The van der Waals surface area contributed by atoms with E-state index in [1.807, 2.05) is 44.2 Å². The fourth-order valence-electron chi connectivity index (χ4n) is 2.27. The maximum atomic E-state index is 12.5. The maximum Gasteiger partial charge on any atom is 0.308 e. The van der Waals surface area contributed by atoms with E-state index in [0.29, 0.717) is 6.42 Å². The molecule has 0 heterocycles. The first-order valence-corrected chi connectivity index (χ1v) is 6.76. The number of nitrogens with zero attached hydrogens (tertiary/aromatic N) is 1. The molecular weight excluding hydrogens is 254 g/mol. The van der Waals surface area contributed by atoms with Crippen LogP contribution >= 0.6 is 0 Å². The molecule has 1 atom stereocenters. The Bertz CT molecular complexity index is 468. The van der Waals surface area contributed by atoms with E-state index in [-0.39, 0.29) is 12.5 Å². The van der Waals surface area contributed by atoms with Gasteiger partial charge in [0.15, 0.2) is 0 Å². The summed E-state index contributed by atoms with van der Waals surface area (Å²) in [5.74, 6) is -1.48. The molecule has 4 heteroatoms. The minimum Gasteiger partial charge on any atom is -0.481 e. The number of carboxylic acid groups (broad SMARTS) is 1. The molecule has 0 saturated heterocycles. The van der Waals surface area contributed by atoms with Crippen LogP contribution < -0.4 is 0 Å². The number of aliphatic carboxylic acids is 1. The summed E-state index contributed by atoms with van der Waals surface area (Å²) in [5, 5.41) is 8.91. The molecule has 1 rings (SSSR count). The van der Waals surface area contributed by atoms with Gasteiger partial charge in [-0.1, -0.05) is 51.1 Å². The lowest BCUT2D eigenvalue weighted by molar-refractivity contribution is -0.144. The van der Waals surface area contributed by atoms with Gasteiger partial charge in [0.2, 0.25) is 5.91 Å². The van der Waals surface area contributed by atoms with Crippen molar-refractivity contribution in [3.8, 4) is 0 Å². The highest BCUT2D eigenvalue weighted by molar-refractivity contribution is 5.82. The standard InChI is InChI=1S/C16H23NO3/c1-12(14(18)19)11-17(4)15(20)16(2,3)10-13-8-6-5-7-9-13/h5-9,12H,10-11H2,1-4H3,(H,18,19). The molecule has 1 unspecified atom stereocenters. The van der Waals surface area contributed by atoms with E-state index in [1.165, 1.54) is 4.90 Å². The van der Waals surface area contributed by atoms with Gasteiger partial charge in [-0.25, -0.2) is 0 Å². The van der Waals surface area contributed by atoms with Gasteiger partial charge in [0.05, 0.1) is 5.92 Å². The molecular formula is C16H23NO3. The highest BCUT2D eigenvalue weighted by Gasteiger charge is 2.31. The van der Waals surface area contributed by atoms with Gasteiger partial charge < -0.3 is 10.0 Å². The van der Waals surface area contributed by atoms with Crippen LogP contribution in [0.15, 0.2) is 30.3 Å². The molecule has 110 valence electrons. The molecule has 0 saturated carbocycles. The van der Waals surface area contributed by atoms with Gasteiger partial charge in [-0.05, 0) is 12.0 Å². The Morgan fingerprint density at radius 3 is 2.30 bits per heavy atom. The van der Waals surface area contributed by atoms with Crippen molar-refractivity contribution in [1.82, 2.24) is 4.90 Å². The molecule has 1 aromatic carbocycles. The van der Waals surface area contributed by atoms with E-state index in [1.54, 1.807) is 14.0 Å². The number of amides is 1. The van der Waals surface area contributed by atoms with Gasteiger partial charge in [0.1, 0.15) is 0 Å². The molecule has 1 N–H and O–H groups in total. The number of carbonyl (C=O) groups is 2. The molecule has 4 nitrogen and oxygen atoms in total. The first-order chi connectivity index (χ1) is 9.24. The minimum atomic E-state index is -0.884. The average Bonchev–Trinajstić information content (AvgIpc) is 2.38. The Hall–Kier alpha value is -1.84. The van der Waals surface area contributed by atoms with Gasteiger partial charge in [-0.3, -0.25) is 9.59 Å². The number of hydrogen-bond donors (Lipinski definition) is 1. The van der Waals surface area contributed by atoms with Crippen molar-refractivity contribution >= 4 is 11.9 Å². The molecule has 0 bridgehead atoms. The number of rotatable bonds is 6. The quantitative estimate of drug-likeness (QED) is 0.869. The molecule has 0 fully saturated rings. The van der Waals surface area contributed by atoms with Crippen molar-refractivity contribution in [1.29, 1.82) is 0 Å². The molecule has 20 heavy (non-hydrogen) atoms. The summed E-state index contributed by atoms with van der Waals surface area (Å²) in [5.41, 5.74) is 0.555. The summed E-state index contributed by atoms with van der Waals surface area (Å²) in [4.78, 5) is 24.8. The van der Waals surface area contributed by atoms with Crippen LogP contribution in [0.2, 0.25) is 0 Å². The molecule has 1 aromatic rings. The Kier molecular flexibility index (Phi) is 5.31. The van der Waals surface area contributed by atoms with Crippen LogP contribution in [0.5, 0.6) is 0 Å². The van der Waals surface area contributed by atoms with Crippen molar-refractivity contribution < 1.29 is 14.7 Å². The first kappa shape index (κ1) is 16.2. The van der Waals surface area contributed by atoms with Crippen LogP contribution in [0.25, 0.3) is 0 Å². The smallest absolute Gasteiger partial charge is 0.308 e. The first-order valence-electron chi connectivity index (χ1n) is 6.76. The van der Waals surface area contributed by atoms with Crippen LogP contribution in [-0.4, -0.2) is 35.5 Å². The molecule has 0 spiro atoms. The highest BCUT2D eigenvalue weighted by Crippen LogP contribution is 2.24. The van der Waals surface area contributed by atoms with Crippen LogP contribution in [0.1, 0.15) is 26.3 Å². The average molecular weight is 277 g/mol. The van der Waals surface area contributed by atoms with Gasteiger partial charge in [0.25, 0.3) is 0 Å². The lowest BCUT2D eigenvalue weighted by Gasteiger charge is -2.30. The highest BCUT2D eigenvalue weighted by atomic mass is 16.4. The largest absolute Gasteiger partial charge is 0.481 e. The zero-order valence-electron chi connectivity index (χ0n) is 12.6. The summed E-state index contributed by atoms with van der Waals surface area (Å²) in [7, 11) is 1.66. The van der Waals surface area contributed by atoms with Gasteiger partial charge in [-0.15, -0.1) is 0 Å². The van der Waals surface area contributed by atoms with Gasteiger partial charge >= 0.3 is 5.97 Å². The van der Waals surface area contributed by atoms with Gasteiger partial charge in [0, 0.05) is 19.0 Å². The molecule has 0 aliphatic rings. The molecule has 1 amide bonds. The van der Waals surface area contributed by atoms with Crippen LogP contribution in [0.4, 0.5) is 0 Å². The number of hydrogen-bond acceptors (Lipinski definition) is 2. The predicted molar refractivity (Wildman–Crippen MR) is 78.4 cm³/mol. The lowest BCUT2D eigenvalue weighted by atomic mass is 9.84. The van der Waals surface area contributed by atoms with Crippen LogP contribution in [0, 0.1) is 11.3 Å². The van der Waals surface area contributed by atoms with Crippen LogP contribution in [0.3, 0.4) is 0 Å². The third-order valence-electron chi connectivity index (χ3n) is 3.38. The van der Waals surface area contributed by atoms with Crippen molar-refractivity contribution in [3.63, 3.8) is 0 Å². The van der Waals surface area contributed by atoms with E-state index in [0.717, 1.165) is 5.56 Å². The minimum absolute atomic E-state index is 0.0329. The summed E-state index contributed by atoms with van der Waals surface area (Å²) >= 11 is 0. The lowest BCUT2D eigenvalue weighted by Crippen LogP contribution is -2.42. The fourth-order valence-corrected chi connectivity index (χ4v) is 2.27. The third kappa shape index (κ3) is 4.37. The van der Waals surface area contributed by atoms with E-state index in [4.69, 9.17) is 5.11 Å². The molecule has 0 aliphatic heterocycles. The number of benzene rings is 1. The Balaban J connectivity index is 2.71. The second-order valence-electron chi connectivity index (χ2n) is 5.97. The Morgan fingerprint density at radius 2 is 1.80 bits per heavy atom. The van der Waals surface area contributed by atoms with E-state index in [9.17, 15) is 9.59 Å². The second-order valence-corrected chi connectivity index (χ2v) is 5.97. The van der Waals surface area contributed by atoms with Crippen molar-refractivity contribution in [2.45, 2.75) is 27.2 Å². The number of carboxylic acids is 1. The summed E-state index contributed by atoms with van der Waals surface area (Å²) < 4.78 is 0. The zero-order chi connectivity index (χ0) is 15.3. The predicted octanol–water partition coefficient (Wildman–Crippen LogP) is 2.43. The molecule has 0 radical (unpaired) electrons. The SMILES string of the molecule is CC(CN(C)C(=O)C(C)(C)Cc1ccccc1)C(=O)O. The topological polar surface area (TPSA) is 57.6 Å². The fraction of sp³-hybridized carbons (Fsp3) is 0.500. The summed E-state index contributed by atoms with van der Waals surface area (Å²) in [6, 6.07) is 9.83. The third-order valence-corrected chi connectivity index (χ3v) is 3.38. The zero-order valence-corrected chi connectivity index (χ0v) is 12.6. The van der Waals surface area contributed by atoms with Crippen molar-refractivity contribution in [2.24, 2.45) is 11.3 Å². The maximum absolute atomic E-state index is 12.5. The molecule has 0 aliphatic carbocycles. The summed E-state index contributed by atoms with van der Waals surface area (Å²) in [6.45, 7) is 5.62. The summed E-state index contributed by atoms with van der Waals surface area (Å²) in [6.07, 6.45) is 0.637. The number of carbonyl (C=O) groups excluding carboxylic acids is 1. The van der Waals surface area contributed by atoms with Crippen molar-refractivity contribution in [3.05, 3.63) is 35.9 Å². The molecule has 0 aromatic heterocycles. The van der Waals surface area contributed by atoms with Gasteiger partial charge in [-0.2, -0.15) is 0 Å². The van der Waals surface area contributed by atoms with Crippen LogP contribution in [-0.2, 0) is 16.0 Å². The van der Waals surface area contributed by atoms with Crippen molar-refractivity contribution in [2.75, 3.05) is 13.6 Å². The van der Waals surface area contributed by atoms with E-state index >= 15 is 0 Å².